The minimum Gasteiger partial charge on any atom is -0.481 e. The van der Waals surface area contributed by atoms with Gasteiger partial charge in [0.25, 0.3) is 11.8 Å². The number of carbonyl (C=O) groups excluding carboxylic acids is 7. The lowest BCUT2D eigenvalue weighted by Gasteiger charge is -2.23. The van der Waals surface area contributed by atoms with Crippen molar-refractivity contribution < 1.29 is 63.3 Å². The van der Waals surface area contributed by atoms with Crippen LogP contribution >= 0.6 is 0 Å². The van der Waals surface area contributed by atoms with Gasteiger partial charge in [-0.05, 0) is 50.1 Å². The lowest BCUT2D eigenvalue weighted by molar-refractivity contribution is -0.141. The van der Waals surface area contributed by atoms with E-state index >= 15 is 0 Å². The first-order valence-corrected chi connectivity index (χ1v) is 17.2. The number of primary amides is 2. The monoisotopic (exact) mass is 816 g/mol. The van der Waals surface area contributed by atoms with Gasteiger partial charge in [0.1, 0.15) is 24.2 Å². The molecule has 0 radical (unpaired) electrons. The highest BCUT2D eigenvalue weighted by Gasteiger charge is 2.30. The first kappa shape index (κ1) is 46.7. The molecule has 7 amide bonds. The number of benzene rings is 1. The van der Waals surface area contributed by atoms with Gasteiger partial charge in [-0.15, -0.1) is 0 Å². The highest BCUT2D eigenvalue weighted by Crippen LogP contribution is 2.13. The molecule has 0 bridgehead atoms. The number of carboxylic acid groups (broad SMARTS) is 3. The van der Waals surface area contributed by atoms with Crippen molar-refractivity contribution in [1.82, 2.24) is 36.6 Å². The van der Waals surface area contributed by atoms with Crippen molar-refractivity contribution in [1.29, 1.82) is 0 Å². The fraction of sp³-hybridized carbons (Fsp3) is 0.394. The molecule has 25 heteroatoms. The van der Waals surface area contributed by atoms with E-state index in [2.05, 4.69) is 36.6 Å². The Hall–Kier alpha value is -7.44. The van der Waals surface area contributed by atoms with Crippen molar-refractivity contribution in [2.45, 2.75) is 69.2 Å². The SMILES string of the molecule is NCCCC(NC(=O)C(CC(=O)O)NC(=O)CCC(NC(=O)c1ccc(NCc2cnc(N)c(C(N)=O)n2)cc1)C(=O)O)C(=O)NCC(=O)NC(CC(=O)O)C(N)=O. The van der Waals surface area contributed by atoms with Crippen LogP contribution in [0, 0.1) is 0 Å². The highest BCUT2D eigenvalue weighted by molar-refractivity contribution is 5.98. The molecule has 58 heavy (non-hydrogen) atoms. The molecule has 1 heterocycles. The maximum Gasteiger partial charge on any atom is 0.326 e. The largest absolute Gasteiger partial charge is 0.481 e. The molecule has 4 unspecified atom stereocenters. The van der Waals surface area contributed by atoms with Crippen molar-refractivity contribution >= 4 is 70.8 Å². The van der Waals surface area contributed by atoms with Crippen LogP contribution in [0.15, 0.2) is 30.5 Å². The second-order valence-electron chi connectivity index (χ2n) is 12.3. The number of anilines is 2. The molecule has 4 atom stereocenters. The molecule has 314 valence electrons. The van der Waals surface area contributed by atoms with Gasteiger partial charge in [-0.3, -0.25) is 43.2 Å². The van der Waals surface area contributed by atoms with E-state index in [9.17, 15) is 58.2 Å². The number of rotatable bonds is 25. The van der Waals surface area contributed by atoms with E-state index in [0.29, 0.717) is 11.4 Å². The number of nitrogens with one attached hydrogen (secondary N) is 6. The minimum absolute atomic E-state index is 0.0460. The van der Waals surface area contributed by atoms with Crippen LogP contribution in [0.25, 0.3) is 0 Å². The summed E-state index contributed by atoms with van der Waals surface area (Å²) in [6.45, 7) is -0.627. The van der Waals surface area contributed by atoms with Gasteiger partial charge in [0.15, 0.2) is 11.5 Å². The zero-order valence-corrected chi connectivity index (χ0v) is 30.7. The third kappa shape index (κ3) is 16.1. The second-order valence-corrected chi connectivity index (χ2v) is 12.3. The van der Waals surface area contributed by atoms with Crippen molar-refractivity contribution in [3.05, 3.63) is 47.4 Å². The maximum absolute atomic E-state index is 13.1. The van der Waals surface area contributed by atoms with Crippen LogP contribution in [-0.4, -0.2) is 122 Å². The normalized spacial score (nSPS) is 12.6. The number of nitrogen functional groups attached to an aromatic ring is 1. The fourth-order valence-corrected chi connectivity index (χ4v) is 4.85. The summed E-state index contributed by atoms with van der Waals surface area (Å²) < 4.78 is 0. The smallest absolute Gasteiger partial charge is 0.326 e. The van der Waals surface area contributed by atoms with Gasteiger partial charge in [0, 0.05) is 17.7 Å². The van der Waals surface area contributed by atoms with Gasteiger partial charge in [-0.25, -0.2) is 14.8 Å². The number of carboxylic acids is 3. The molecule has 0 aliphatic carbocycles. The number of nitrogens with two attached hydrogens (primary N) is 4. The molecule has 25 nitrogen and oxygen atoms in total. The Bertz CT molecular complexity index is 1880. The molecule has 1 aromatic heterocycles. The summed E-state index contributed by atoms with van der Waals surface area (Å²) in [5.41, 5.74) is 22.1. The summed E-state index contributed by atoms with van der Waals surface area (Å²) in [5, 5.41) is 41.9. The van der Waals surface area contributed by atoms with E-state index in [1.165, 1.54) is 30.5 Å². The Morgan fingerprint density at radius 1 is 0.724 bits per heavy atom. The van der Waals surface area contributed by atoms with Crippen LogP contribution in [-0.2, 0) is 44.9 Å². The fourth-order valence-electron chi connectivity index (χ4n) is 4.85. The number of hydrogen-bond acceptors (Lipinski definition) is 15. The number of carbonyl (C=O) groups is 10. The number of aliphatic carboxylic acids is 3. The molecule has 0 spiro atoms. The van der Waals surface area contributed by atoms with Crippen LogP contribution in [0.2, 0.25) is 0 Å². The standard InChI is InChI=1S/C33H44N12O13/c34-9-1-2-18(31(55)40-14-23(47)42-20(28(36)52)10-24(48)49)44-32(56)21(11-25(50)51)43-22(46)8-7-19(33(57)58)45-30(54)15-3-5-16(6-4-15)38-12-17-13-39-27(35)26(41-17)29(37)53/h3-6,13,18-21,38H,1-2,7-12,14,34H2,(H2,35,39)(H2,36,52)(H2,37,53)(H,40,55)(H,42,47)(H,43,46)(H,44,56)(H,45,54)(H,48,49)(H,50,51)(H,57,58). The van der Waals surface area contributed by atoms with Gasteiger partial charge in [0.2, 0.25) is 29.5 Å². The van der Waals surface area contributed by atoms with Crippen molar-refractivity contribution in [3.8, 4) is 0 Å². The molecule has 0 aliphatic heterocycles. The quantitative estimate of drug-likeness (QED) is 0.0449. The van der Waals surface area contributed by atoms with E-state index < -0.39 is 116 Å². The number of nitrogens with zero attached hydrogens (tertiary/aromatic N) is 2. The molecular weight excluding hydrogens is 772 g/mol. The Morgan fingerprint density at radius 3 is 1.91 bits per heavy atom. The zero-order valence-electron chi connectivity index (χ0n) is 30.7. The van der Waals surface area contributed by atoms with Gasteiger partial charge in [-0.2, -0.15) is 0 Å². The summed E-state index contributed by atoms with van der Waals surface area (Å²) in [6.07, 6.45) is -1.50. The zero-order chi connectivity index (χ0) is 43.5. The number of amides is 7. The van der Waals surface area contributed by atoms with Gasteiger partial charge in [-0.1, -0.05) is 0 Å². The van der Waals surface area contributed by atoms with Crippen molar-refractivity contribution in [2.75, 3.05) is 24.1 Å². The van der Waals surface area contributed by atoms with E-state index in [-0.39, 0.29) is 43.0 Å². The van der Waals surface area contributed by atoms with Crippen molar-refractivity contribution in [2.24, 2.45) is 17.2 Å². The van der Waals surface area contributed by atoms with Crippen molar-refractivity contribution in [3.63, 3.8) is 0 Å². The predicted molar refractivity (Wildman–Crippen MR) is 198 cm³/mol. The first-order chi connectivity index (χ1) is 27.3. The van der Waals surface area contributed by atoms with Crippen LogP contribution in [0.5, 0.6) is 0 Å². The number of aromatic nitrogens is 2. The third-order valence-corrected chi connectivity index (χ3v) is 7.81. The van der Waals surface area contributed by atoms with Crippen LogP contribution in [0.3, 0.4) is 0 Å². The van der Waals surface area contributed by atoms with Gasteiger partial charge in [0.05, 0.1) is 37.8 Å². The third-order valence-electron chi connectivity index (χ3n) is 7.81. The molecule has 0 fully saturated rings. The summed E-state index contributed by atoms with van der Waals surface area (Å²) in [5.74, 6) is -11.5. The van der Waals surface area contributed by atoms with E-state index in [4.69, 9.17) is 28.0 Å². The molecule has 0 aliphatic rings. The molecule has 2 aromatic rings. The van der Waals surface area contributed by atoms with E-state index in [1.54, 1.807) is 0 Å². The van der Waals surface area contributed by atoms with Crippen LogP contribution < -0.4 is 54.8 Å². The Morgan fingerprint density at radius 2 is 1.34 bits per heavy atom. The van der Waals surface area contributed by atoms with Crippen LogP contribution in [0.1, 0.15) is 65.1 Å². The Kier molecular flexibility index (Phi) is 18.4. The lowest BCUT2D eigenvalue weighted by Crippen LogP contribution is -2.55. The molecule has 2 rings (SSSR count). The van der Waals surface area contributed by atoms with Crippen LogP contribution in [0.4, 0.5) is 11.5 Å². The second kappa shape index (κ2) is 22.8. The molecular formula is C33H44N12O13. The molecule has 1 aromatic carbocycles. The first-order valence-electron chi connectivity index (χ1n) is 17.2. The topological polar surface area (TPSA) is 433 Å². The van der Waals surface area contributed by atoms with E-state index in [0.717, 1.165) is 0 Å². The summed E-state index contributed by atoms with van der Waals surface area (Å²) in [7, 11) is 0. The summed E-state index contributed by atoms with van der Waals surface area (Å²) >= 11 is 0. The molecule has 17 N–H and O–H groups in total. The number of hydrogen-bond donors (Lipinski definition) is 13. The molecule has 0 saturated heterocycles. The Balaban J connectivity index is 2.00. The average Bonchev–Trinajstić information content (AvgIpc) is 3.15. The maximum atomic E-state index is 13.1. The lowest BCUT2D eigenvalue weighted by atomic mass is 10.1. The summed E-state index contributed by atoms with van der Waals surface area (Å²) in [4.78, 5) is 129. The average molecular weight is 817 g/mol. The van der Waals surface area contributed by atoms with Gasteiger partial charge >= 0.3 is 17.9 Å². The summed E-state index contributed by atoms with van der Waals surface area (Å²) in [6, 6.07) is -0.611. The highest BCUT2D eigenvalue weighted by atomic mass is 16.4. The minimum atomic E-state index is -1.77. The predicted octanol–water partition coefficient (Wildman–Crippen LogP) is -4.52. The van der Waals surface area contributed by atoms with Gasteiger partial charge < -0.3 is 70.2 Å². The Labute approximate surface area is 328 Å². The molecule has 0 saturated carbocycles. The van der Waals surface area contributed by atoms with E-state index in [1.807, 2.05) is 5.32 Å².